The van der Waals surface area contributed by atoms with E-state index in [2.05, 4.69) is 20.0 Å². The second kappa shape index (κ2) is 8.44. The first-order valence-electron chi connectivity index (χ1n) is 11.1. The van der Waals surface area contributed by atoms with Crippen LogP contribution in [-0.2, 0) is 22.3 Å². The minimum absolute atomic E-state index is 0.131. The molecule has 0 radical (unpaired) electrons. The van der Waals surface area contributed by atoms with Gasteiger partial charge in [0.25, 0.3) is 5.91 Å². The molecule has 3 aliphatic rings. The van der Waals surface area contributed by atoms with Crippen molar-refractivity contribution in [1.82, 2.24) is 20.4 Å². The molecule has 11 heteroatoms. The molecule has 5 rings (SSSR count). The number of carbonyl (C=O) groups excluding carboxylic acids is 2. The average Bonchev–Trinajstić information content (AvgIpc) is 3.54. The summed E-state index contributed by atoms with van der Waals surface area (Å²) in [6, 6.07) is 4.47. The Kier molecular flexibility index (Phi) is 5.59. The molecule has 2 amide bonds. The largest absolute Gasteiger partial charge is 0.471 e. The van der Waals surface area contributed by atoms with Crippen molar-refractivity contribution >= 4 is 11.8 Å². The normalized spacial score (nSPS) is 25.4. The highest BCUT2D eigenvalue weighted by atomic mass is 19.4. The number of alkyl halides is 3. The molecular formula is C22H23F3N4O4. The van der Waals surface area contributed by atoms with Crippen molar-refractivity contribution in [3.8, 4) is 11.4 Å². The first-order valence-corrected chi connectivity index (χ1v) is 11.1. The molecular weight excluding hydrogens is 441 g/mol. The first kappa shape index (κ1) is 21.9. The van der Waals surface area contributed by atoms with E-state index in [0.29, 0.717) is 25.1 Å². The summed E-state index contributed by atoms with van der Waals surface area (Å²) in [5.41, 5.74) is 1.45. The standard InChI is InChI=1S/C22H23F3N4O4/c23-22(24,25)21-27-18(28-33-21)12-7-8-13-11-29(20(31)14(13)10-12)16-5-2-1-4-15(16)26-19(30)17-6-3-9-32-17/h7-8,10,15-17H,1-6,9,11H2,(H,26,30)/t15-,16-,17+/m0/s1. The molecule has 1 saturated carbocycles. The fraction of sp³-hybridized carbons (Fsp3) is 0.545. The summed E-state index contributed by atoms with van der Waals surface area (Å²) in [5.74, 6) is -2.00. The Labute approximate surface area is 187 Å². The summed E-state index contributed by atoms with van der Waals surface area (Å²) in [6.45, 7) is 0.963. The van der Waals surface area contributed by atoms with Crippen molar-refractivity contribution < 1.29 is 32.0 Å². The van der Waals surface area contributed by atoms with Crippen LogP contribution in [-0.4, -0.2) is 51.6 Å². The molecule has 1 aliphatic carbocycles. The Bertz CT molecular complexity index is 1060. The van der Waals surface area contributed by atoms with Crippen molar-refractivity contribution in [2.75, 3.05) is 6.61 Å². The number of ether oxygens (including phenoxy) is 1. The molecule has 8 nitrogen and oxygen atoms in total. The van der Waals surface area contributed by atoms with E-state index in [1.165, 1.54) is 6.07 Å². The van der Waals surface area contributed by atoms with Gasteiger partial charge in [-0.1, -0.05) is 30.1 Å². The van der Waals surface area contributed by atoms with E-state index < -0.39 is 18.2 Å². The quantitative estimate of drug-likeness (QED) is 0.746. The van der Waals surface area contributed by atoms with Gasteiger partial charge >= 0.3 is 12.1 Å². The van der Waals surface area contributed by atoms with Crippen molar-refractivity contribution in [2.45, 2.75) is 69.4 Å². The van der Waals surface area contributed by atoms with Crippen LogP contribution in [0.2, 0.25) is 0 Å². The highest BCUT2D eigenvalue weighted by Gasteiger charge is 2.41. The minimum Gasteiger partial charge on any atom is -0.368 e. The maximum atomic E-state index is 13.3. The van der Waals surface area contributed by atoms with Crippen LogP contribution in [0.25, 0.3) is 11.4 Å². The van der Waals surface area contributed by atoms with Gasteiger partial charge in [-0.15, -0.1) is 0 Å². The monoisotopic (exact) mass is 464 g/mol. The lowest BCUT2D eigenvalue weighted by atomic mass is 9.89. The van der Waals surface area contributed by atoms with E-state index in [4.69, 9.17) is 4.74 Å². The lowest BCUT2D eigenvalue weighted by Crippen LogP contribution is -2.55. The predicted octanol–water partition coefficient (Wildman–Crippen LogP) is 3.32. The molecule has 0 unspecified atom stereocenters. The topological polar surface area (TPSA) is 97.6 Å². The molecule has 1 aromatic carbocycles. The van der Waals surface area contributed by atoms with Crippen LogP contribution in [0, 0.1) is 0 Å². The smallest absolute Gasteiger partial charge is 0.368 e. The van der Waals surface area contributed by atoms with E-state index in [9.17, 15) is 22.8 Å². The number of fused-ring (bicyclic) bond motifs is 1. The highest BCUT2D eigenvalue weighted by molar-refractivity contribution is 5.99. The molecule has 2 fully saturated rings. The summed E-state index contributed by atoms with van der Waals surface area (Å²) < 4.78 is 48.2. The van der Waals surface area contributed by atoms with Crippen LogP contribution < -0.4 is 5.32 Å². The SMILES string of the molecule is O=C(N[C@H]1CCCC[C@@H]1N1Cc2ccc(-c3noc(C(F)(F)F)n3)cc2C1=O)[C@H]1CCCO1. The molecule has 1 aromatic heterocycles. The van der Waals surface area contributed by atoms with E-state index in [1.54, 1.807) is 17.0 Å². The van der Waals surface area contributed by atoms with Gasteiger partial charge in [-0.05, 0) is 37.3 Å². The summed E-state index contributed by atoms with van der Waals surface area (Å²) in [7, 11) is 0. The van der Waals surface area contributed by atoms with E-state index in [0.717, 1.165) is 37.7 Å². The maximum absolute atomic E-state index is 13.3. The third kappa shape index (κ3) is 4.21. The Morgan fingerprint density at radius 2 is 1.97 bits per heavy atom. The predicted molar refractivity (Wildman–Crippen MR) is 108 cm³/mol. The summed E-state index contributed by atoms with van der Waals surface area (Å²) in [6.07, 6.45) is -0.153. The Morgan fingerprint density at radius 3 is 2.70 bits per heavy atom. The van der Waals surface area contributed by atoms with Crippen LogP contribution in [0.1, 0.15) is 60.3 Å². The molecule has 176 valence electrons. The number of hydrogen-bond acceptors (Lipinski definition) is 6. The Hall–Kier alpha value is -2.95. The number of rotatable bonds is 4. The van der Waals surface area contributed by atoms with E-state index in [1.807, 2.05) is 0 Å². The third-order valence-corrected chi connectivity index (χ3v) is 6.55. The maximum Gasteiger partial charge on any atom is 0.471 e. The zero-order chi connectivity index (χ0) is 23.2. The number of benzene rings is 1. The van der Waals surface area contributed by atoms with Gasteiger partial charge in [0, 0.05) is 30.3 Å². The van der Waals surface area contributed by atoms with Gasteiger partial charge in [0.05, 0.1) is 6.04 Å². The third-order valence-electron chi connectivity index (χ3n) is 6.55. The van der Waals surface area contributed by atoms with Crippen LogP contribution in [0.4, 0.5) is 13.2 Å². The molecule has 2 aliphatic heterocycles. The molecule has 1 N–H and O–H groups in total. The van der Waals surface area contributed by atoms with Crippen LogP contribution >= 0.6 is 0 Å². The van der Waals surface area contributed by atoms with Gasteiger partial charge in [-0.2, -0.15) is 18.2 Å². The van der Waals surface area contributed by atoms with E-state index >= 15 is 0 Å². The molecule has 1 saturated heterocycles. The fourth-order valence-electron chi connectivity index (χ4n) is 4.90. The van der Waals surface area contributed by atoms with Crippen LogP contribution in [0.5, 0.6) is 0 Å². The van der Waals surface area contributed by atoms with Crippen molar-refractivity contribution in [1.29, 1.82) is 0 Å². The second-order valence-corrected chi connectivity index (χ2v) is 8.69. The Morgan fingerprint density at radius 1 is 1.15 bits per heavy atom. The number of nitrogens with zero attached hydrogens (tertiary/aromatic N) is 3. The molecule has 0 spiro atoms. The number of halogens is 3. The number of nitrogens with one attached hydrogen (secondary N) is 1. The molecule has 3 heterocycles. The van der Waals surface area contributed by atoms with Crippen molar-refractivity contribution in [3.63, 3.8) is 0 Å². The lowest BCUT2D eigenvalue weighted by Gasteiger charge is -2.38. The molecule has 3 atom stereocenters. The fourth-order valence-corrected chi connectivity index (χ4v) is 4.90. The van der Waals surface area contributed by atoms with Gasteiger partial charge in [-0.3, -0.25) is 9.59 Å². The van der Waals surface area contributed by atoms with Gasteiger partial charge < -0.3 is 19.5 Å². The molecule has 0 bridgehead atoms. The van der Waals surface area contributed by atoms with Gasteiger partial charge in [-0.25, -0.2) is 0 Å². The number of amides is 2. The zero-order valence-corrected chi connectivity index (χ0v) is 17.7. The van der Waals surface area contributed by atoms with Crippen LogP contribution in [0.15, 0.2) is 22.7 Å². The summed E-state index contributed by atoms with van der Waals surface area (Å²) in [4.78, 5) is 31.0. The molecule has 2 aromatic rings. The summed E-state index contributed by atoms with van der Waals surface area (Å²) in [5, 5.41) is 6.50. The van der Waals surface area contributed by atoms with Crippen LogP contribution in [0.3, 0.4) is 0 Å². The minimum atomic E-state index is -4.74. The number of hydrogen-bond donors (Lipinski definition) is 1. The lowest BCUT2D eigenvalue weighted by molar-refractivity contribution is -0.159. The van der Waals surface area contributed by atoms with E-state index in [-0.39, 0.29) is 35.3 Å². The van der Waals surface area contributed by atoms with Gasteiger partial charge in [0.15, 0.2) is 0 Å². The zero-order valence-electron chi connectivity index (χ0n) is 17.7. The second-order valence-electron chi connectivity index (χ2n) is 8.69. The average molecular weight is 464 g/mol. The van der Waals surface area contributed by atoms with Gasteiger partial charge in [0.2, 0.25) is 11.7 Å². The number of aromatic nitrogens is 2. The molecule has 33 heavy (non-hydrogen) atoms. The first-order chi connectivity index (χ1) is 15.8. The number of carbonyl (C=O) groups is 2. The van der Waals surface area contributed by atoms with Gasteiger partial charge in [0.1, 0.15) is 6.10 Å². The Balaban J connectivity index is 1.34. The van der Waals surface area contributed by atoms with Crippen molar-refractivity contribution in [2.24, 2.45) is 0 Å². The summed E-state index contributed by atoms with van der Waals surface area (Å²) >= 11 is 0. The van der Waals surface area contributed by atoms with Crippen molar-refractivity contribution in [3.05, 3.63) is 35.2 Å². The highest BCUT2D eigenvalue weighted by Crippen LogP contribution is 2.34.